The summed E-state index contributed by atoms with van der Waals surface area (Å²) in [7, 11) is 1.56. The van der Waals surface area contributed by atoms with Crippen LogP contribution < -0.4 is 5.32 Å². The number of Topliss-reactive ketones (excluding diaryl/α,β-unsaturated/α-hetero) is 1. The number of amides is 3. The summed E-state index contributed by atoms with van der Waals surface area (Å²) >= 11 is 0. The topological polar surface area (TPSA) is 106 Å². The number of aromatic amines is 1. The number of rotatable bonds is 6. The van der Waals surface area contributed by atoms with Crippen molar-refractivity contribution in [1.29, 1.82) is 0 Å². The van der Waals surface area contributed by atoms with E-state index < -0.39 is 0 Å². The maximum atomic E-state index is 12.5. The molecule has 2 heterocycles. The Morgan fingerprint density at radius 1 is 1.14 bits per heavy atom. The first-order valence-electron chi connectivity index (χ1n) is 9.72. The second-order valence-electron chi connectivity index (χ2n) is 8.47. The number of aromatic nitrogens is 1. The summed E-state index contributed by atoms with van der Waals surface area (Å²) in [6.07, 6.45) is 1.49. The van der Waals surface area contributed by atoms with Crippen molar-refractivity contribution in [2.24, 2.45) is 0 Å². The van der Waals surface area contributed by atoms with E-state index in [4.69, 9.17) is 0 Å². The van der Waals surface area contributed by atoms with Crippen LogP contribution in [0.25, 0.3) is 0 Å². The summed E-state index contributed by atoms with van der Waals surface area (Å²) < 4.78 is 0. The van der Waals surface area contributed by atoms with E-state index in [2.05, 4.69) is 10.3 Å². The van der Waals surface area contributed by atoms with Gasteiger partial charge in [0.1, 0.15) is 5.69 Å². The fourth-order valence-electron chi connectivity index (χ4n) is 3.12. The van der Waals surface area contributed by atoms with Gasteiger partial charge in [0.15, 0.2) is 5.78 Å². The highest BCUT2D eigenvalue weighted by molar-refractivity contribution is 5.99. The average Bonchev–Trinajstić information content (AvgIpc) is 3.10. The molecule has 3 amide bonds. The Kier molecular flexibility index (Phi) is 7.18. The van der Waals surface area contributed by atoms with Crippen LogP contribution in [0.4, 0.5) is 0 Å². The number of hydrogen-bond donors (Lipinski definition) is 2. The number of H-pyrrole nitrogens is 1. The second kappa shape index (κ2) is 9.21. The van der Waals surface area contributed by atoms with Crippen molar-refractivity contribution < 1.29 is 19.2 Å². The zero-order valence-corrected chi connectivity index (χ0v) is 17.9. The highest BCUT2D eigenvalue weighted by Gasteiger charge is 2.25. The lowest BCUT2D eigenvalue weighted by Crippen LogP contribution is -2.54. The van der Waals surface area contributed by atoms with Gasteiger partial charge in [-0.25, -0.2) is 0 Å². The lowest BCUT2D eigenvalue weighted by atomic mass is 10.1. The van der Waals surface area contributed by atoms with Gasteiger partial charge in [-0.3, -0.25) is 24.1 Å². The van der Waals surface area contributed by atoms with Crippen molar-refractivity contribution in [1.82, 2.24) is 25.0 Å². The number of nitrogens with one attached hydrogen (secondary N) is 2. The maximum absolute atomic E-state index is 12.5. The minimum absolute atomic E-state index is 0.0292. The van der Waals surface area contributed by atoms with E-state index >= 15 is 0 Å². The Balaban J connectivity index is 1.80. The standard InChI is InChI=1S/C20H31N5O4/c1-14(26)15-10-16(21-11-15)19(29)23(5)13-18(28)25-8-6-24(7-9-25)12-17(27)22-20(2,3)4/h10-11,21H,6-9,12-13H2,1-5H3,(H,22,27). The summed E-state index contributed by atoms with van der Waals surface area (Å²) in [5.41, 5.74) is 0.441. The summed E-state index contributed by atoms with van der Waals surface area (Å²) in [4.78, 5) is 56.2. The minimum Gasteiger partial charge on any atom is -0.356 e. The Hall–Kier alpha value is -2.68. The van der Waals surface area contributed by atoms with Crippen molar-refractivity contribution >= 4 is 23.5 Å². The zero-order chi connectivity index (χ0) is 21.8. The highest BCUT2D eigenvalue weighted by Crippen LogP contribution is 2.08. The predicted octanol–water partition coefficient (Wildman–Crippen LogP) is 0.348. The number of hydrogen-bond acceptors (Lipinski definition) is 5. The fourth-order valence-corrected chi connectivity index (χ4v) is 3.12. The van der Waals surface area contributed by atoms with Gasteiger partial charge in [-0.15, -0.1) is 0 Å². The molecule has 1 saturated heterocycles. The first-order valence-corrected chi connectivity index (χ1v) is 9.72. The first-order chi connectivity index (χ1) is 13.5. The summed E-state index contributed by atoms with van der Waals surface area (Å²) in [5.74, 6) is -0.645. The van der Waals surface area contributed by atoms with Gasteiger partial charge in [0, 0.05) is 50.5 Å². The van der Waals surface area contributed by atoms with Gasteiger partial charge in [-0.1, -0.05) is 0 Å². The molecular weight excluding hydrogens is 374 g/mol. The van der Waals surface area contributed by atoms with Gasteiger partial charge in [0.05, 0.1) is 13.1 Å². The molecule has 0 radical (unpaired) electrons. The van der Waals surface area contributed by atoms with E-state index in [1.165, 1.54) is 24.1 Å². The molecule has 0 aromatic carbocycles. The lowest BCUT2D eigenvalue weighted by molar-refractivity contribution is -0.133. The molecule has 0 atom stereocenters. The molecule has 2 rings (SSSR count). The average molecular weight is 405 g/mol. The van der Waals surface area contributed by atoms with Crippen molar-refractivity contribution in [3.05, 3.63) is 23.5 Å². The van der Waals surface area contributed by atoms with Crippen LogP contribution >= 0.6 is 0 Å². The van der Waals surface area contributed by atoms with Crippen LogP contribution in [0.15, 0.2) is 12.3 Å². The number of nitrogens with zero attached hydrogens (tertiary/aromatic N) is 3. The van der Waals surface area contributed by atoms with Crippen molar-refractivity contribution in [3.8, 4) is 0 Å². The minimum atomic E-state index is -0.344. The fraction of sp³-hybridized carbons (Fsp3) is 0.600. The molecule has 0 aliphatic carbocycles. The number of piperazine rings is 1. The van der Waals surface area contributed by atoms with E-state index in [9.17, 15) is 19.2 Å². The van der Waals surface area contributed by atoms with E-state index in [0.29, 0.717) is 38.3 Å². The summed E-state index contributed by atoms with van der Waals surface area (Å²) in [6.45, 7) is 9.76. The van der Waals surface area contributed by atoms with Gasteiger partial charge in [-0.2, -0.15) is 0 Å². The monoisotopic (exact) mass is 405 g/mol. The van der Waals surface area contributed by atoms with Crippen LogP contribution in [0, 0.1) is 0 Å². The van der Waals surface area contributed by atoms with Crippen LogP contribution in [0.5, 0.6) is 0 Å². The van der Waals surface area contributed by atoms with Crippen LogP contribution in [0.3, 0.4) is 0 Å². The van der Waals surface area contributed by atoms with E-state index in [1.54, 1.807) is 11.9 Å². The molecular formula is C20H31N5O4. The SMILES string of the molecule is CC(=O)c1c[nH]c(C(=O)N(C)CC(=O)N2CCN(CC(=O)NC(C)(C)C)CC2)c1. The molecule has 0 unspecified atom stereocenters. The quantitative estimate of drug-likeness (QED) is 0.665. The number of likely N-dealkylation sites (N-methyl/N-ethyl adjacent to an activating group) is 1. The molecule has 1 aromatic rings. The molecule has 0 saturated carbocycles. The van der Waals surface area contributed by atoms with Gasteiger partial charge < -0.3 is 20.1 Å². The Bertz CT molecular complexity index is 772. The highest BCUT2D eigenvalue weighted by atomic mass is 16.2. The normalized spacial score (nSPS) is 15.1. The van der Waals surface area contributed by atoms with E-state index in [1.807, 2.05) is 25.7 Å². The smallest absolute Gasteiger partial charge is 0.270 e. The van der Waals surface area contributed by atoms with E-state index in [0.717, 1.165) is 0 Å². The molecule has 2 N–H and O–H groups in total. The molecule has 9 heteroatoms. The van der Waals surface area contributed by atoms with Gasteiger partial charge >= 0.3 is 0 Å². The van der Waals surface area contributed by atoms with Crippen LogP contribution in [0.2, 0.25) is 0 Å². The number of carbonyl (C=O) groups excluding carboxylic acids is 4. The molecule has 9 nitrogen and oxygen atoms in total. The molecule has 160 valence electrons. The van der Waals surface area contributed by atoms with Crippen LogP contribution in [-0.2, 0) is 9.59 Å². The number of carbonyl (C=O) groups is 4. The molecule has 1 aromatic heterocycles. The maximum Gasteiger partial charge on any atom is 0.270 e. The first kappa shape index (κ1) is 22.6. The van der Waals surface area contributed by atoms with Crippen molar-refractivity contribution in [2.75, 3.05) is 46.3 Å². The molecule has 1 fully saturated rings. The summed E-state index contributed by atoms with van der Waals surface area (Å²) in [6, 6.07) is 1.49. The molecule has 0 bridgehead atoms. The van der Waals surface area contributed by atoms with Crippen molar-refractivity contribution in [2.45, 2.75) is 33.2 Å². The Morgan fingerprint density at radius 3 is 2.28 bits per heavy atom. The Morgan fingerprint density at radius 2 is 1.76 bits per heavy atom. The van der Waals surface area contributed by atoms with Gasteiger partial charge in [0.25, 0.3) is 5.91 Å². The van der Waals surface area contributed by atoms with Crippen LogP contribution in [-0.4, -0.2) is 95.0 Å². The number of ketones is 1. The lowest BCUT2D eigenvalue weighted by Gasteiger charge is -2.35. The summed E-state index contributed by atoms with van der Waals surface area (Å²) in [5, 5.41) is 2.93. The largest absolute Gasteiger partial charge is 0.356 e. The van der Waals surface area contributed by atoms with Crippen LogP contribution in [0.1, 0.15) is 48.5 Å². The molecule has 0 spiro atoms. The predicted molar refractivity (Wildman–Crippen MR) is 109 cm³/mol. The van der Waals surface area contributed by atoms with Gasteiger partial charge in [-0.05, 0) is 33.8 Å². The molecule has 29 heavy (non-hydrogen) atoms. The van der Waals surface area contributed by atoms with Gasteiger partial charge in [0.2, 0.25) is 11.8 Å². The third kappa shape index (κ3) is 6.70. The molecule has 1 aliphatic rings. The second-order valence-corrected chi connectivity index (χ2v) is 8.47. The third-order valence-corrected chi connectivity index (χ3v) is 4.65. The Labute approximate surface area is 171 Å². The zero-order valence-electron chi connectivity index (χ0n) is 17.9. The van der Waals surface area contributed by atoms with E-state index in [-0.39, 0.29) is 41.3 Å². The third-order valence-electron chi connectivity index (χ3n) is 4.65. The van der Waals surface area contributed by atoms with Crippen molar-refractivity contribution in [3.63, 3.8) is 0 Å². The molecule has 1 aliphatic heterocycles.